The highest BCUT2D eigenvalue weighted by Crippen LogP contribution is 2.38. The van der Waals surface area contributed by atoms with Crippen molar-refractivity contribution in [3.63, 3.8) is 0 Å². The van der Waals surface area contributed by atoms with Crippen LogP contribution in [0.2, 0.25) is 0 Å². The fraction of sp³-hybridized carbons (Fsp3) is 0.591. The van der Waals surface area contributed by atoms with Crippen LogP contribution in [0.4, 0.5) is 10.5 Å². The summed E-state index contributed by atoms with van der Waals surface area (Å²) in [6, 6.07) is 4.93. The molecule has 1 aromatic heterocycles. The maximum Gasteiger partial charge on any atom is 0.411 e. The lowest BCUT2D eigenvalue weighted by Crippen LogP contribution is -2.40. The topological polar surface area (TPSA) is 136 Å². The van der Waals surface area contributed by atoms with Crippen molar-refractivity contribution in [1.82, 2.24) is 14.9 Å². The molecule has 9 nitrogen and oxygen atoms in total. The Hall–Kier alpha value is -2.08. The number of anilines is 1. The fourth-order valence-electron chi connectivity index (χ4n) is 3.69. The Morgan fingerprint density at radius 3 is 2.45 bits per heavy atom. The number of aromatic nitrogens is 2. The molecule has 0 radical (unpaired) electrons. The zero-order valence-electron chi connectivity index (χ0n) is 19.7. The van der Waals surface area contributed by atoms with Gasteiger partial charge in [0.1, 0.15) is 10.0 Å². The number of rotatable bonds is 6. The third-order valence-corrected chi connectivity index (χ3v) is 8.01. The highest BCUT2D eigenvalue weighted by Gasteiger charge is 2.28. The normalized spacial score (nSPS) is 19.5. The van der Waals surface area contributed by atoms with E-state index in [1.54, 1.807) is 46.8 Å². The summed E-state index contributed by atoms with van der Waals surface area (Å²) < 4.78 is 34.4. The van der Waals surface area contributed by atoms with Gasteiger partial charge in [-0.1, -0.05) is 11.3 Å². The second kappa shape index (κ2) is 10.0. The molecule has 1 amide bonds. The molecule has 0 atom stereocenters. The van der Waals surface area contributed by atoms with Gasteiger partial charge in [0, 0.05) is 28.7 Å². The number of nitrogens with one attached hydrogen (secondary N) is 2. The van der Waals surface area contributed by atoms with Gasteiger partial charge in [-0.2, -0.15) is 0 Å². The quantitative estimate of drug-likeness (QED) is 0.545. The SMILES string of the molecule is CC(C)OC(=O)Nc1ccc(-c2nnc([C@H]3CC[C@H](N)CC3)s2)c(S(=O)(=O)NC(C)(C)C)c1. The average molecular weight is 496 g/mol. The molecule has 3 rings (SSSR count). The van der Waals surface area contributed by atoms with Crippen molar-refractivity contribution >= 4 is 33.1 Å². The van der Waals surface area contributed by atoms with Crippen LogP contribution in [0.15, 0.2) is 23.1 Å². The summed E-state index contributed by atoms with van der Waals surface area (Å²) in [6.45, 7) is 8.77. The smallest absolute Gasteiger partial charge is 0.411 e. The third-order valence-electron chi connectivity index (χ3n) is 5.09. The van der Waals surface area contributed by atoms with Gasteiger partial charge >= 0.3 is 6.09 Å². The van der Waals surface area contributed by atoms with Crippen LogP contribution in [0.5, 0.6) is 0 Å². The molecule has 33 heavy (non-hydrogen) atoms. The highest BCUT2D eigenvalue weighted by atomic mass is 32.2. The average Bonchev–Trinajstić information content (AvgIpc) is 3.16. The van der Waals surface area contributed by atoms with Crippen LogP contribution >= 0.6 is 11.3 Å². The number of nitrogens with two attached hydrogens (primary N) is 1. The molecule has 4 N–H and O–H groups in total. The molecule has 0 aliphatic heterocycles. The van der Waals surface area contributed by atoms with Crippen LogP contribution in [0, 0.1) is 0 Å². The number of ether oxygens (including phenoxy) is 1. The Morgan fingerprint density at radius 2 is 1.85 bits per heavy atom. The number of carbonyl (C=O) groups excluding carboxylic acids is 1. The molecule has 1 saturated carbocycles. The lowest BCUT2D eigenvalue weighted by molar-refractivity contribution is 0.130. The highest BCUT2D eigenvalue weighted by molar-refractivity contribution is 7.89. The molecule has 0 unspecified atom stereocenters. The van der Waals surface area contributed by atoms with Crippen LogP contribution < -0.4 is 15.8 Å². The van der Waals surface area contributed by atoms with E-state index >= 15 is 0 Å². The van der Waals surface area contributed by atoms with E-state index in [2.05, 4.69) is 20.2 Å². The minimum atomic E-state index is -3.92. The number of hydrogen-bond donors (Lipinski definition) is 3. The van der Waals surface area contributed by atoms with Crippen molar-refractivity contribution in [2.75, 3.05) is 5.32 Å². The Balaban J connectivity index is 1.97. The third kappa shape index (κ3) is 6.95. The molecule has 0 bridgehead atoms. The number of sulfonamides is 1. The van der Waals surface area contributed by atoms with Gasteiger partial charge in [-0.05, 0) is 78.5 Å². The molecule has 2 aromatic rings. The number of benzene rings is 1. The molecule has 0 spiro atoms. The van der Waals surface area contributed by atoms with E-state index in [9.17, 15) is 13.2 Å². The molecule has 1 aromatic carbocycles. The van der Waals surface area contributed by atoms with Crippen molar-refractivity contribution in [2.24, 2.45) is 5.73 Å². The van der Waals surface area contributed by atoms with E-state index in [0.717, 1.165) is 30.7 Å². The first-order chi connectivity index (χ1) is 15.3. The van der Waals surface area contributed by atoms with Gasteiger partial charge < -0.3 is 10.5 Å². The van der Waals surface area contributed by atoms with Gasteiger partial charge in [0.05, 0.1) is 11.0 Å². The Kier molecular flexibility index (Phi) is 7.77. The van der Waals surface area contributed by atoms with Crippen molar-refractivity contribution in [3.05, 3.63) is 23.2 Å². The molecule has 11 heteroatoms. The van der Waals surface area contributed by atoms with Gasteiger partial charge in [0.2, 0.25) is 10.0 Å². The minimum Gasteiger partial charge on any atom is -0.447 e. The molecule has 0 saturated heterocycles. The van der Waals surface area contributed by atoms with Crippen molar-refractivity contribution in [2.45, 2.75) is 88.8 Å². The summed E-state index contributed by atoms with van der Waals surface area (Å²) in [4.78, 5) is 12.1. The Morgan fingerprint density at radius 1 is 1.18 bits per heavy atom. The molecule has 1 aliphatic rings. The van der Waals surface area contributed by atoms with Gasteiger partial charge in [0.15, 0.2) is 0 Å². The predicted molar refractivity (Wildman–Crippen MR) is 130 cm³/mol. The largest absolute Gasteiger partial charge is 0.447 e. The molecule has 1 heterocycles. The first-order valence-corrected chi connectivity index (χ1v) is 13.4. The molecule has 182 valence electrons. The second-order valence-electron chi connectivity index (χ2n) is 9.70. The van der Waals surface area contributed by atoms with Crippen molar-refractivity contribution in [3.8, 4) is 10.6 Å². The maximum atomic E-state index is 13.3. The van der Waals surface area contributed by atoms with E-state index in [4.69, 9.17) is 10.5 Å². The second-order valence-corrected chi connectivity index (χ2v) is 12.4. The first kappa shape index (κ1) is 25.5. The number of hydrogen-bond acceptors (Lipinski definition) is 8. The predicted octanol–water partition coefficient (Wildman–Crippen LogP) is 4.22. The monoisotopic (exact) mass is 495 g/mol. The summed E-state index contributed by atoms with van der Waals surface area (Å²) in [5.74, 6) is 0.288. The van der Waals surface area contributed by atoms with Crippen LogP contribution in [0.3, 0.4) is 0 Å². The number of amides is 1. The zero-order chi connectivity index (χ0) is 24.4. The lowest BCUT2D eigenvalue weighted by Gasteiger charge is -2.23. The van der Waals surface area contributed by atoms with E-state index < -0.39 is 21.7 Å². The van der Waals surface area contributed by atoms with Gasteiger partial charge in [-0.15, -0.1) is 10.2 Å². The Labute approximate surface area is 199 Å². The zero-order valence-corrected chi connectivity index (χ0v) is 21.3. The summed E-state index contributed by atoms with van der Waals surface area (Å²) in [7, 11) is -3.92. The van der Waals surface area contributed by atoms with Crippen LogP contribution in [0.25, 0.3) is 10.6 Å². The van der Waals surface area contributed by atoms with E-state index in [-0.39, 0.29) is 23.0 Å². The minimum absolute atomic E-state index is 0.0214. The molecular formula is C22H33N5O4S2. The summed E-state index contributed by atoms with van der Waals surface area (Å²) in [5.41, 5.74) is 6.07. The fourth-order valence-corrected chi connectivity index (χ4v) is 6.46. The van der Waals surface area contributed by atoms with E-state index in [1.807, 2.05) is 0 Å². The molecular weight excluding hydrogens is 462 g/mol. The van der Waals surface area contributed by atoms with E-state index in [0.29, 0.717) is 16.3 Å². The van der Waals surface area contributed by atoms with Gasteiger partial charge in [0.25, 0.3) is 0 Å². The van der Waals surface area contributed by atoms with Gasteiger partial charge in [-0.3, -0.25) is 5.32 Å². The lowest BCUT2D eigenvalue weighted by atomic mass is 9.87. The van der Waals surface area contributed by atoms with Crippen LogP contribution in [0.1, 0.15) is 71.2 Å². The number of carbonyl (C=O) groups is 1. The Bertz CT molecular complexity index is 1080. The molecule has 1 aliphatic carbocycles. The summed E-state index contributed by atoms with van der Waals surface area (Å²) >= 11 is 1.40. The standard InChI is InChI=1S/C22H33N5O4S2/c1-13(2)31-21(28)24-16-10-11-17(18(12-16)33(29,30)27-22(3,4)5)20-26-25-19(32-20)14-6-8-15(23)9-7-14/h10-15,27H,6-9,23H2,1-5H3,(H,24,28)/t14-,15-. The van der Waals surface area contributed by atoms with Gasteiger partial charge in [-0.25, -0.2) is 17.9 Å². The summed E-state index contributed by atoms with van der Waals surface area (Å²) in [5, 5.41) is 12.7. The maximum absolute atomic E-state index is 13.3. The first-order valence-electron chi connectivity index (χ1n) is 11.1. The molecule has 1 fully saturated rings. The van der Waals surface area contributed by atoms with Crippen molar-refractivity contribution < 1.29 is 17.9 Å². The number of nitrogens with zero attached hydrogens (tertiary/aromatic N) is 2. The van der Waals surface area contributed by atoms with Crippen LogP contribution in [-0.4, -0.2) is 42.4 Å². The summed E-state index contributed by atoms with van der Waals surface area (Å²) in [6.07, 6.45) is 2.84. The van der Waals surface area contributed by atoms with Crippen molar-refractivity contribution in [1.29, 1.82) is 0 Å². The van der Waals surface area contributed by atoms with Crippen LogP contribution in [-0.2, 0) is 14.8 Å². The van der Waals surface area contributed by atoms with E-state index in [1.165, 1.54) is 17.4 Å².